The Morgan fingerprint density at radius 3 is 2.54 bits per heavy atom. The summed E-state index contributed by atoms with van der Waals surface area (Å²) in [6.07, 6.45) is 0.207. The van der Waals surface area contributed by atoms with Crippen LogP contribution in [0.25, 0.3) is 22.4 Å². The van der Waals surface area contributed by atoms with E-state index < -0.39 is 27.8 Å². The van der Waals surface area contributed by atoms with E-state index in [1.165, 1.54) is 16.4 Å². The number of aromatic nitrogens is 2. The number of sulfonamides is 1. The molecule has 0 amide bonds. The highest BCUT2D eigenvalue weighted by Crippen LogP contribution is 2.31. The number of nitrogens with one attached hydrogen (secondary N) is 1. The zero-order valence-corrected chi connectivity index (χ0v) is 16.1. The second-order valence-electron chi connectivity index (χ2n) is 6.65. The molecule has 0 spiro atoms. The van der Waals surface area contributed by atoms with Crippen molar-refractivity contribution in [3.05, 3.63) is 47.0 Å². The number of halogens is 3. The van der Waals surface area contributed by atoms with Crippen LogP contribution < -0.4 is 0 Å². The van der Waals surface area contributed by atoms with Gasteiger partial charge >= 0.3 is 0 Å². The van der Waals surface area contributed by atoms with Gasteiger partial charge in [0, 0.05) is 30.8 Å². The third-order valence-corrected chi connectivity index (χ3v) is 7.15. The number of H-pyrrole nitrogens is 1. The lowest BCUT2D eigenvalue weighted by Crippen LogP contribution is -2.40. The number of hydrogen-bond acceptors (Lipinski definition) is 4. The quantitative estimate of drug-likeness (QED) is 0.671. The lowest BCUT2D eigenvalue weighted by Gasteiger charge is -2.29. The zero-order chi connectivity index (χ0) is 20.1. The summed E-state index contributed by atoms with van der Waals surface area (Å²) in [4.78, 5) is 6.99. The molecule has 2 heterocycles. The van der Waals surface area contributed by atoms with E-state index in [4.69, 9.17) is 11.6 Å². The summed E-state index contributed by atoms with van der Waals surface area (Å²) in [7, 11) is -3.86. The number of fused-ring (bicyclic) bond motifs is 1. The van der Waals surface area contributed by atoms with Crippen LogP contribution in [0, 0.1) is 11.6 Å². The van der Waals surface area contributed by atoms with E-state index in [-0.39, 0.29) is 34.3 Å². The third kappa shape index (κ3) is 3.39. The Hall–Kier alpha value is -2.07. The van der Waals surface area contributed by atoms with Gasteiger partial charge in [-0.25, -0.2) is 22.2 Å². The molecule has 0 bridgehead atoms. The summed E-state index contributed by atoms with van der Waals surface area (Å²) in [6, 6.07) is 6.36. The molecule has 148 valence electrons. The SMILES string of the molecule is O=S(=O)(c1cc(-c2nc3cc(F)c(F)cc3[nH]2)ccc1Cl)N1CCC(O)CC1. The molecule has 1 fully saturated rings. The summed E-state index contributed by atoms with van der Waals surface area (Å²) in [5, 5.41) is 9.66. The summed E-state index contributed by atoms with van der Waals surface area (Å²) in [6.45, 7) is 0.403. The van der Waals surface area contributed by atoms with Gasteiger partial charge in [-0.3, -0.25) is 0 Å². The highest BCUT2D eigenvalue weighted by molar-refractivity contribution is 7.89. The van der Waals surface area contributed by atoms with Gasteiger partial charge in [0.2, 0.25) is 10.0 Å². The molecule has 2 aromatic carbocycles. The smallest absolute Gasteiger partial charge is 0.244 e. The second kappa shape index (κ2) is 7.07. The summed E-state index contributed by atoms with van der Waals surface area (Å²) in [5.74, 6) is -1.76. The van der Waals surface area contributed by atoms with Crippen molar-refractivity contribution in [3.63, 3.8) is 0 Å². The van der Waals surface area contributed by atoms with Crippen molar-refractivity contribution in [1.29, 1.82) is 0 Å². The van der Waals surface area contributed by atoms with Gasteiger partial charge in [-0.1, -0.05) is 11.6 Å². The topological polar surface area (TPSA) is 86.3 Å². The Balaban J connectivity index is 1.75. The fraction of sp³-hybridized carbons (Fsp3) is 0.278. The molecule has 3 aromatic rings. The minimum atomic E-state index is -3.86. The van der Waals surface area contributed by atoms with Gasteiger partial charge < -0.3 is 10.1 Å². The average Bonchev–Trinajstić information content (AvgIpc) is 3.05. The van der Waals surface area contributed by atoms with Gasteiger partial charge in [0.25, 0.3) is 0 Å². The Morgan fingerprint density at radius 1 is 1.14 bits per heavy atom. The predicted octanol–water partition coefficient (Wildman–Crippen LogP) is 3.31. The van der Waals surface area contributed by atoms with Crippen molar-refractivity contribution in [3.8, 4) is 11.4 Å². The highest BCUT2D eigenvalue weighted by atomic mass is 35.5. The van der Waals surface area contributed by atoms with Crippen molar-refractivity contribution in [2.45, 2.75) is 23.8 Å². The largest absolute Gasteiger partial charge is 0.393 e. The number of nitrogens with zero attached hydrogens (tertiary/aromatic N) is 2. The van der Waals surface area contributed by atoms with Crippen LogP contribution in [-0.2, 0) is 10.0 Å². The number of aliphatic hydroxyl groups is 1. The van der Waals surface area contributed by atoms with Gasteiger partial charge in [-0.05, 0) is 31.0 Å². The molecule has 0 atom stereocenters. The van der Waals surface area contributed by atoms with E-state index in [1.54, 1.807) is 6.07 Å². The van der Waals surface area contributed by atoms with Gasteiger partial charge in [-0.15, -0.1) is 0 Å². The number of hydrogen-bond donors (Lipinski definition) is 2. The summed E-state index contributed by atoms with van der Waals surface area (Å²) in [5.41, 5.74) is 0.925. The summed E-state index contributed by atoms with van der Waals surface area (Å²) >= 11 is 6.15. The Labute approximate surface area is 164 Å². The van der Waals surface area contributed by atoms with Gasteiger partial charge in [0.1, 0.15) is 10.7 Å². The molecule has 28 heavy (non-hydrogen) atoms. The molecule has 0 unspecified atom stereocenters. The van der Waals surface area contributed by atoms with Crippen molar-refractivity contribution in [2.75, 3.05) is 13.1 Å². The van der Waals surface area contributed by atoms with Crippen LogP contribution in [0.2, 0.25) is 5.02 Å². The van der Waals surface area contributed by atoms with Crippen LogP contribution in [0.15, 0.2) is 35.2 Å². The molecule has 1 aliphatic rings. The molecule has 1 aliphatic heterocycles. The molecule has 6 nitrogen and oxygen atoms in total. The van der Waals surface area contributed by atoms with Crippen LogP contribution in [0.3, 0.4) is 0 Å². The fourth-order valence-corrected chi connectivity index (χ4v) is 5.18. The van der Waals surface area contributed by atoms with Crippen molar-refractivity contribution >= 4 is 32.7 Å². The molecular weight excluding hydrogens is 412 g/mol. The number of piperidine rings is 1. The minimum Gasteiger partial charge on any atom is -0.393 e. The van der Waals surface area contributed by atoms with Gasteiger partial charge in [-0.2, -0.15) is 4.31 Å². The van der Waals surface area contributed by atoms with Crippen LogP contribution in [0.4, 0.5) is 8.78 Å². The van der Waals surface area contributed by atoms with Crippen molar-refractivity contribution in [2.24, 2.45) is 0 Å². The predicted molar refractivity (Wildman–Crippen MR) is 100 cm³/mol. The van der Waals surface area contributed by atoms with Crippen LogP contribution in [-0.4, -0.2) is 47.0 Å². The summed E-state index contributed by atoms with van der Waals surface area (Å²) < 4.78 is 54.1. The Bertz CT molecular complexity index is 1120. The standard InChI is InChI=1S/C18H16ClF2N3O3S/c19-12-2-1-10(18-22-15-8-13(20)14(21)9-16(15)23-18)7-17(12)28(26,27)24-5-3-11(25)4-6-24/h1-2,7-9,11,25H,3-6H2,(H,22,23). The third-order valence-electron chi connectivity index (χ3n) is 4.77. The molecule has 0 radical (unpaired) electrons. The average molecular weight is 428 g/mol. The van der Waals surface area contributed by atoms with E-state index in [1.807, 2.05) is 0 Å². The first kappa shape index (κ1) is 19.3. The molecule has 0 saturated carbocycles. The van der Waals surface area contributed by atoms with Crippen LogP contribution >= 0.6 is 11.6 Å². The van der Waals surface area contributed by atoms with E-state index >= 15 is 0 Å². The van der Waals surface area contributed by atoms with Crippen LogP contribution in [0.5, 0.6) is 0 Å². The van der Waals surface area contributed by atoms with Crippen molar-refractivity contribution in [1.82, 2.24) is 14.3 Å². The highest BCUT2D eigenvalue weighted by Gasteiger charge is 2.30. The first-order chi connectivity index (χ1) is 13.3. The lowest BCUT2D eigenvalue weighted by molar-refractivity contribution is 0.113. The van der Waals surface area contributed by atoms with E-state index in [0.717, 1.165) is 12.1 Å². The molecule has 4 rings (SSSR count). The van der Waals surface area contributed by atoms with Crippen molar-refractivity contribution < 1.29 is 22.3 Å². The molecule has 0 aliphatic carbocycles. The van der Waals surface area contributed by atoms with Gasteiger partial charge in [0.15, 0.2) is 11.6 Å². The zero-order valence-electron chi connectivity index (χ0n) is 14.5. The fourth-order valence-electron chi connectivity index (χ4n) is 3.21. The van der Waals surface area contributed by atoms with E-state index in [9.17, 15) is 22.3 Å². The normalized spacial score (nSPS) is 16.7. The van der Waals surface area contributed by atoms with Crippen LogP contribution in [0.1, 0.15) is 12.8 Å². The Kier molecular flexibility index (Phi) is 4.86. The number of aromatic amines is 1. The maximum absolute atomic E-state index is 13.4. The maximum atomic E-state index is 13.4. The maximum Gasteiger partial charge on any atom is 0.244 e. The second-order valence-corrected chi connectivity index (χ2v) is 8.96. The molecular formula is C18H16ClF2N3O3S. The van der Waals surface area contributed by atoms with E-state index in [2.05, 4.69) is 9.97 Å². The molecule has 1 saturated heterocycles. The number of rotatable bonds is 3. The monoisotopic (exact) mass is 427 g/mol. The lowest BCUT2D eigenvalue weighted by atomic mass is 10.1. The number of benzene rings is 2. The molecule has 10 heteroatoms. The first-order valence-electron chi connectivity index (χ1n) is 8.58. The number of imidazole rings is 1. The number of aliphatic hydroxyl groups excluding tert-OH is 1. The first-order valence-corrected chi connectivity index (χ1v) is 10.4. The van der Waals surface area contributed by atoms with Gasteiger partial charge in [0.05, 0.1) is 22.2 Å². The molecule has 2 N–H and O–H groups in total. The van der Waals surface area contributed by atoms with E-state index in [0.29, 0.717) is 23.9 Å². The molecule has 1 aromatic heterocycles. The Morgan fingerprint density at radius 2 is 1.82 bits per heavy atom. The minimum absolute atomic E-state index is 0.0584.